The van der Waals surface area contributed by atoms with Crippen molar-refractivity contribution in [3.8, 4) is 0 Å². The molecule has 0 aromatic heterocycles. The zero-order valence-electron chi connectivity index (χ0n) is 12.8. The van der Waals surface area contributed by atoms with E-state index in [9.17, 15) is 4.79 Å². The minimum atomic E-state index is -0.439. The van der Waals surface area contributed by atoms with E-state index in [1.165, 1.54) is 5.56 Å². The van der Waals surface area contributed by atoms with Crippen molar-refractivity contribution < 1.29 is 14.3 Å². The summed E-state index contributed by atoms with van der Waals surface area (Å²) in [6, 6.07) is 7.65. The first-order valence-corrected chi connectivity index (χ1v) is 7.09. The second kappa shape index (κ2) is 8.72. The third-order valence-corrected chi connectivity index (χ3v) is 3.11. The van der Waals surface area contributed by atoms with E-state index in [4.69, 9.17) is 9.47 Å². The fourth-order valence-electron chi connectivity index (χ4n) is 1.94. The SMILES string of the molecule is CCOC(=O)C(NCCOC)c1ccc(C(C)C)cc1. The van der Waals surface area contributed by atoms with Crippen LogP contribution in [0.2, 0.25) is 0 Å². The molecule has 0 aliphatic carbocycles. The van der Waals surface area contributed by atoms with Gasteiger partial charge >= 0.3 is 5.97 Å². The fraction of sp³-hybridized carbons (Fsp3) is 0.562. The molecule has 112 valence electrons. The number of ether oxygens (including phenoxy) is 2. The lowest BCUT2D eigenvalue weighted by Gasteiger charge is -2.18. The quantitative estimate of drug-likeness (QED) is 0.587. The molecule has 0 aliphatic rings. The van der Waals surface area contributed by atoms with Gasteiger partial charge in [-0.05, 0) is 24.0 Å². The second-order valence-electron chi connectivity index (χ2n) is 4.95. The predicted molar refractivity (Wildman–Crippen MR) is 79.8 cm³/mol. The summed E-state index contributed by atoms with van der Waals surface area (Å²) in [5, 5.41) is 3.17. The highest BCUT2D eigenvalue weighted by molar-refractivity contribution is 5.77. The lowest BCUT2D eigenvalue weighted by atomic mass is 9.99. The van der Waals surface area contributed by atoms with Crippen LogP contribution in [0.25, 0.3) is 0 Å². The minimum Gasteiger partial charge on any atom is -0.465 e. The smallest absolute Gasteiger partial charge is 0.327 e. The van der Waals surface area contributed by atoms with Crippen LogP contribution in [0, 0.1) is 0 Å². The standard InChI is InChI=1S/C16H25NO3/c1-5-20-16(18)15(17-10-11-19-4)14-8-6-13(7-9-14)12(2)3/h6-9,12,15,17H,5,10-11H2,1-4H3. The number of benzene rings is 1. The van der Waals surface area contributed by atoms with Gasteiger partial charge in [0.15, 0.2) is 0 Å². The Labute approximate surface area is 121 Å². The average molecular weight is 279 g/mol. The lowest BCUT2D eigenvalue weighted by Crippen LogP contribution is -2.32. The van der Waals surface area contributed by atoms with E-state index in [-0.39, 0.29) is 5.97 Å². The van der Waals surface area contributed by atoms with Crippen LogP contribution in [0.3, 0.4) is 0 Å². The highest BCUT2D eigenvalue weighted by Gasteiger charge is 2.21. The number of carbonyl (C=O) groups is 1. The molecule has 0 amide bonds. The molecule has 4 nitrogen and oxygen atoms in total. The normalized spacial score (nSPS) is 12.4. The number of methoxy groups -OCH3 is 1. The van der Waals surface area contributed by atoms with Gasteiger partial charge in [-0.2, -0.15) is 0 Å². The Kier molecular flexibility index (Phi) is 7.26. The van der Waals surface area contributed by atoms with Crippen LogP contribution in [0.15, 0.2) is 24.3 Å². The first-order chi connectivity index (χ1) is 9.60. The van der Waals surface area contributed by atoms with Gasteiger partial charge in [0.25, 0.3) is 0 Å². The third kappa shape index (κ3) is 4.94. The van der Waals surface area contributed by atoms with Crippen LogP contribution in [-0.4, -0.2) is 32.8 Å². The molecule has 1 atom stereocenters. The molecule has 0 radical (unpaired) electrons. The summed E-state index contributed by atoms with van der Waals surface area (Å²) < 4.78 is 10.1. The molecule has 1 N–H and O–H groups in total. The van der Waals surface area contributed by atoms with Crippen LogP contribution >= 0.6 is 0 Å². The van der Waals surface area contributed by atoms with Gasteiger partial charge in [-0.25, -0.2) is 4.79 Å². The highest BCUT2D eigenvalue weighted by atomic mass is 16.5. The van der Waals surface area contributed by atoms with Gasteiger partial charge in [0, 0.05) is 13.7 Å². The summed E-state index contributed by atoms with van der Waals surface area (Å²) >= 11 is 0. The molecule has 20 heavy (non-hydrogen) atoms. The molecular formula is C16H25NO3. The molecule has 1 unspecified atom stereocenters. The maximum atomic E-state index is 12.0. The number of rotatable bonds is 8. The minimum absolute atomic E-state index is 0.249. The van der Waals surface area contributed by atoms with E-state index in [2.05, 4.69) is 31.3 Å². The molecule has 4 heteroatoms. The van der Waals surface area contributed by atoms with E-state index in [1.807, 2.05) is 19.1 Å². The van der Waals surface area contributed by atoms with Gasteiger partial charge in [-0.15, -0.1) is 0 Å². The predicted octanol–water partition coefficient (Wildman–Crippen LogP) is 2.65. The van der Waals surface area contributed by atoms with Crippen LogP contribution < -0.4 is 5.32 Å². The highest BCUT2D eigenvalue weighted by Crippen LogP contribution is 2.19. The van der Waals surface area contributed by atoms with Gasteiger partial charge in [0.05, 0.1) is 13.2 Å². The average Bonchev–Trinajstić information content (AvgIpc) is 2.44. The number of nitrogens with one attached hydrogen (secondary N) is 1. The number of carbonyl (C=O) groups excluding carboxylic acids is 1. The summed E-state index contributed by atoms with van der Waals surface area (Å²) in [6.07, 6.45) is 0. The Morgan fingerprint density at radius 2 is 1.80 bits per heavy atom. The van der Waals surface area contributed by atoms with Crippen LogP contribution in [-0.2, 0) is 14.3 Å². The Morgan fingerprint density at radius 1 is 1.20 bits per heavy atom. The Balaban J connectivity index is 2.82. The number of hydrogen-bond donors (Lipinski definition) is 1. The molecule has 0 fully saturated rings. The largest absolute Gasteiger partial charge is 0.465 e. The summed E-state index contributed by atoms with van der Waals surface area (Å²) in [6.45, 7) is 7.65. The van der Waals surface area contributed by atoms with Crippen molar-refractivity contribution in [3.05, 3.63) is 35.4 Å². The Hall–Kier alpha value is -1.39. The maximum absolute atomic E-state index is 12.0. The lowest BCUT2D eigenvalue weighted by molar-refractivity contribution is -0.145. The fourth-order valence-corrected chi connectivity index (χ4v) is 1.94. The van der Waals surface area contributed by atoms with Crippen molar-refractivity contribution in [1.29, 1.82) is 0 Å². The maximum Gasteiger partial charge on any atom is 0.327 e. The van der Waals surface area contributed by atoms with Crippen LogP contribution in [0.1, 0.15) is 43.9 Å². The number of hydrogen-bond acceptors (Lipinski definition) is 4. The Bertz CT molecular complexity index is 401. The zero-order chi connectivity index (χ0) is 15.0. The van der Waals surface area contributed by atoms with E-state index in [0.29, 0.717) is 25.7 Å². The van der Waals surface area contributed by atoms with Crippen molar-refractivity contribution in [3.63, 3.8) is 0 Å². The van der Waals surface area contributed by atoms with Gasteiger partial charge in [-0.1, -0.05) is 38.1 Å². The summed E-state index contributed by atoms with van der Waals surface area (Å²) in [7, 11) is 1.64. The summed E-state index contributed by atoms with van der Waals surface area (Å²) in [4.78, 5) is 12.0. The van der Waals surface area contributed by atoms with E-state index >= 15 is 0 Å². The van der Waals surface area contributed by atoms with Crippen molar-refractivity contribution in [1.82, 2.24) is 5.32 Å². The topological polar surface area (TPSA) is 47.6 Å². The van der Waals surface area contributed by atoms with Crippen molar-refractivity contribution in [2.75, 3.05) is 26.9 Å². The van der Waals surface area contributed by atoms with Crippen molar-refractivity contribution in [2.45, 2.75) is 32.7 Å². The van der Waals surface area contributed by atoms with Gasteiger partial charge in [-0.3, -0.25) is 5.32 Å². The first-order valence-electron chi connectivity index (χ1n) is 7.09. The Morgan fingerprint density at radius 3 is 2.30 bits per heavy atom. The molecule has 1 aromatic carbocycles. The molecule has 0 saturated heterocycles. The van der Waals surface area contributed by atoms with Gasteiger partial charge < -0.3 is 9.47 Å². The first kappa shape index (κ1) is 16.7. The molecule has 1 rings (SSSR count). The molecule has 0 spiro atoms. The van der Waals surface area contributed by atoms with Crippen LogP contribution in [0.4, 0.5) is 0 Å². The van der Waals surface area contributed by atoms with Crippen molar-refractivity contribution >= 4 is 5.97 Å². The summed E-state index contributed by atoms with van der Waals surface area (Å²) in [5.41, 5.74) is 2.18. The summed E-state index contributed by atoms with van der Waals surface area (Å²) in [5.74, 6) is 0.229. The zero-order valence-corrected chi connectivity index (χ0v) is 12.8. The van der Waals surface area contributed by atoms with E-state index in [1.54, 1.807) is 7.11 Å². The molecular weight excluding hydrogens is 254 g/mol. The molecule has 1 aromatic rings. The monoisotopic (exact) mass is 279 g/mol. The molecule has 0 saturated carbocycles. The number of esters is 1. The van der Waals surface area contributed by atoms with Gasteiger partial charge in [0.2, 0.25) is 0 Å². The van der Waals surface area contributed by atoms with E-state index in [0.717, 1.165) is 5.56 Å². The van der Waals surface area contributed by atoms with E-state index < -0.39 is 6.04 Å². The van der Waals surface area contributed by atoms with Crippen molar-refractivity contribution in [2.24, 2.45) is 0 Å². The van der Waals surface area contributed by atoms with Gasteiger partial charge in [0.1, 0.15) is 6.04 Å². The molecule has 0 heterocycles. The van der Waals surface area contributed by atoms with Crippen LogP contribution in [0.5, 0.6) is 0 Å². The third-order valence-electron chi connectivity index (χ3n) is 3.11. The second-order valence-corrected chi connectivity index (χ2v) is 4.95. The molecule has 0 aliphatic heterocycles. The molecule has 0 bridgehead atoms.